The molecule has 0 unspecified atom stereocenters. The summed E-state index contributed by atoms with van der Waals surface area (Å²) in [5.41, 5.74) is 1.10. The number of hydrogen-bond donors (Lipinski definition) is 2. The van der Waals surface area contributed by atoms with E-state index < -0.39 is 11.8 Å². The van der Waals surface area contributed by atoms with Crippen LogP contribution in [0.5, 0.6) is 23.0 Å². The summed E-state index contributed by atoms with van der Waals surface area (Å²) in [5, 5.41) is 5.47. The number of hydrogen-bond acceptors (Lipinski definition) is 7. The second kappa shape index (κ2) is 12.2. The summed E-state index contributed by atoms with van der Waals surface area (Å²) in [6.07, 6.45) is 2.93. The van der Waals surface area contributed by atoms with E-state index in [1.165, 1.54) is 32.6 Å². The van der Waals surface area contributed by atoms with Crippen molar-refractivity contribution in [3.8, 4) is 23.0 Å². The molecule has 0 saturated heterocycles. The Bertz CT molecular complexity index is 1190. The van der Waals surface area contributed by atoms with Gasteiger partial charge in [-0.1, -0.05) is 6.07 Å². The lowest BCUT2D eigenvalue weighted by atomic mass is 10.1. The Morgan fingerprint density at radius 1 is 0.914 bits per heavy atom. The van der Waals surface area contributed by atoms with Crippen LogP contribution in [0, 0.1) is 0 Å². The van der Waals surface area contributed by atoms with E-state index in [4.69, 9.17) is 23.4 Å². The number of nitrogens with one attached hydrogen (secondary N) is 2. The predicted molar refractivity (Wildman–Crippen MR) is 130 cm³/mol. The lowest BCUT2D eigenvalue weighted by Gasteiger charge is -2.14. The Morgan fingerprint density at radius 3 is 2.29 bits per heavy atom. The second-order valence-electron chi connectivity index (χ2n) is 7.20. The highest BCUT2D eigenvalue weighted by Crippen LogP contribution is 2.29. The molecule has 184 valence electrons. The summed E-state index contributed by atoms with van der Waals surface area (Å²) in [5.74, 6) is 1.47. The number of carbonyl (C=O) groups excluding carboxylic acids is 2. The molecule has 0 bridgehead atoms. The first kappa shape index (κ1) is 25.2. The third-order valence-electron chi connectivity index (χ3n) is 4.95. The molecule has 0 aliphatic carbocycles. The molecule has 3 rings (SSSR count). The highest BCUT2D eigenvalue weighted by atomic mass is 16.5. The number of methoxy groups -OCH3 is 3. The van der Waals surface area contributed by atoms with E-state index in [2.05, 4.69) is 10.6 Å². The van der Waals surface area contributed by atoms with Gasteiger partial charge in [0.15, 0.2) is 23.0 Å². The van der Waals surface area contributed by atoms with E-state index >= 15 is 0 Å². The van der Waals surface area contributed by atoms with E-state index in [1.807, 2.05) is 13.0 Å². The molecule has 0 atom stereocenters. The van der Waals surface area contributed by atoms with Crippen LogP contribution in [0.2, 0.25) is 0 Å². The fraction of sp³-hybridized carbons (Fsp3) is 0.231. The van der Waals surface area contributed by atoms with Crippen LogP contribution in [0.3, 0.4) is 0 Å². The van der Waals surface area contributed by atoms with Crippen LogP contribution in [-0.2, 0) is 11.3 Å². The van der Waals surface area contributed by atoms with Crippen molar-refractivity contribution in [3.05, 3.63) is 77.4 Å². The van der Waals surface area contributed by atoms with Crippen molar-refractivity contribution in [3.63, 3.8) is 0 Å². The molecular formula is C26H28N2O7. The van der Waals surface area contributed by atoms with Gasteiger partial charge in [-0.15, -0.1) is 0 Å². The fourth-order valence-corrected chi connectivity index (χ4v) is 3.22. The number of furan rings is 1. The molecule has 2 N–H and O–H groups in total. The normalized spacial score (nSPS) is 10.9. The average molecular weight is 481 g/mol. The first-order chi connectivity index (χ1) is 17.0. The highest BCUT2D eigenvalue weighted by molar-refractivity contribution is 6.05. The monoisotopic (exact) mass is 480 g/mol. The Kier molecular flexibility index (Phi) is 8.77. The first-order valence-corrected chi connectivity index (χ1v) is 10.9. The van der Waals surface area contributed by atoms with Crippen LogP contribution in [0.1, 0.15) is 28.6 Å². The van der Waals surface area contributed by atoms with E-state index in [0.29, 0.717) is 35.4 Å². The van der Waals surface area contributed by atoms with Crippen molar-refractivity contribution in [2.24, 2.45) is 0 Å². The molecule has 2 amide bonds. The Labute approximate surface area is 203 Å². The second-order valence-corrected chi connectivity index (χ2v) is 7.20. The molecule has 9 heteroatoms. The summed E-state index contributed by atoms with van der Waals surface area (Å²) in [4.78, 5) is 26.0. The molecule has 1 aromatic heterocycles. The quantitative estimate of drug-likeness (QED) is 0.402. The molecular weight excluding hydrogens is 452 g/mol. The topological polar surface area (TPSA) is 108 Å². The SMILES string of the molecule is CCOc1cc(CNC(=O)/C(=C/c2ccco2)NC(=O)c2ccc(OC)c(OC)c2)ccc1OC. The number of benzene rings is 2. The van der Waals surface area contributed by atoms with Gasteiger partial charge in [0.05, 0.1) is 34.2 Å². The van der Waals surface area contributed by atoms with Crippen LogP contribution in [0.15, 0.2) is 64.9 Å². The number of rotatable bonds is 11. The van der Waals surface area contributed by atoms with E-state index in [1.54, 1.807) is 43.5 Å². The van der Waals surface area contributed by atoms with Crippen molar-refractivity contribution in [1.29, 1.82) is 0 Å². The molecule has 2 aromatic carbocycles. The van der Waals surface area contributed by atoms with Gasteiger partial charge in [0.2, 0.25) is 0 Å². The smallest absolute Gasteiger partial charge is 0.268 e. The van der Waals surface area contributed by atoms with Crippen molar-refractivity contribution in [1.82, 2.24) is 10.6 Å². The van der Waals surface area contributed by atoms with Crippen molar-refractivity contribution in [2.45, 2.75) is 13.5 Å². The zero-order valence-electron chi connectivity index (χ0n) is 20.0. The van der Waals surface area contributed by atoms with E-state index in [-0.39, 0.29) is 17.8 Å². The predicted octanol–water partition coefficient (Wildman–Crippen LogP) is 3.79. The molecule has 9 nitrogen and oxygen atoms in total. The minimum Gasteiger partial charge on any atom is -0.493 e. The van der Waals surface area contributed by atoms with Crippen LogP contribution in [0.4, 0.5) is 0 Å². The van der Waals surface area contributed by atoms with Crippen molar-refractivity contribution < 1.29 is 33.0 Å². The zero-order chi connectivity index (χ0) is 25.2. The van der Waals surface area contributed by atoms with Crippen LogP contribution in [0.25, 0.3) is 6.08 Å². The van der Waals surface area contributed by atoms with E-state index in [0.717, 1.165) is 5.56 Å². The fourth-order valence-electron chi connectivity index (χ4n) is 3.22. The number of ether oxygens (including phenoxy) is 4. The van der Waals surface area contributed by atoms with Gasteiger partial charge in [-0.25, -0.2) is 0 Å². The molecule has 0 aliphatic heterocycles. The molecule has 0 saturated carbocycles. The van der Waals surface area contributed by atoms with Gasteiger partial charge in [0, 0.05) is 18.2 Å². The summed E-state index contributed by atoms with van der Waals surface area (Å²) in [7, 11) is 4.55. The van der Waals surface area contributed by atoms with Crippen LogP contribution >= 0.6 is 0 Å². The number of carbonyl (C=O) groups is 2. The summed E-state index contributed by atoms with van der Waals surface area (Å²) < 4.78 is 26.7. The maximum Gasteiger partial charge on any atom is 0.268 e. The van der Waals surface area contributed by atoms with Gasteiger partial charge < -0.3 is 34.0 Å². The molecule has 0 fully saturated rings. The van der Waals surface area contributed by atoms with Gasteiger partial charge in [-0.3, -0.25) is 9.59 Å². The third kappa shape index (κ3) is 6.57. The van der Waals surface area contributed by atoms with Crippen molar-refractivity contribution >= 4 is 17.9 Å². The maximum absolute atomic E-state index is 13.0. The highest BCUT2D eigenvalue weighted by Gasteiger charge is 2.17. The molecule has 0 spiro atoms. The first-order valence-electron chi connectivity index (χ1n) is 10.9. The average Bonchev–Trinajstić information content (AvgIpc) is 3.39. The maximum atomic E-state index is 13.0. The van der Waals surface area contributed by atoms with Crippen LogP contribution < -0.4 is 29.6 Å². The Hall–Kier alpha value is -4.40. The van der Waals surface area contributed by atoms with Gasteiger partial charge >= 0.3 is 0 Å². The van der Waals surface area contributed by atoms with Gasteiger partial charge in [0.1, 0.15) is 11.5 Å². The standard InChI is InChI=1S/C26H28N2O7/c1-5-34-24-13-17(8-10-22(24)32-3)16-27-26(30)20(15-19-7-6-12-35-19)28-25(29)18-9-11-21(31-2)23(14-18)33-4/h6-15H,5,16H2,1-4H3,(H,27,30)(H,28,29)/b20-15-. The summed E-state index contributed by atoms with van der Waals surface area (Å²) in [6.45, 7) is 2.55. The molecule has 0 radical (unpaired) electrons. The lowest BCUT2D eigenvalue weighted by molar-refractivity contribution is -0.117. The Balaban J connectivity index is 1.78. The molecule has 0 aliphatic rings. The zero-order valence-corrected chi connectivity index (χ0v) is 20.0. The number of amides is 2. The van der Waals surface area contributed by atoms with Gasteiger partial charge in [-0.05, 0) is 55.0 Å². The minimum atomic E-state index is -0.498. The molecule has 35 heavy (non-hydrogen) atoms. The largest absolute Gasteiger partial charge is 0.493 e. The third-order valence-corrected chi connectivity index (χ3v) is 4.95. The minimum absolute atomic E-state index is 0.0123. The van der Waals surface area contributed by atoms with E-state index in [9.17, 15) is 9.59 Å². The summed E-state index contributed by atoms with van der Waals surface area (Å²) >= 11 is 0. The molecule has 1 heterocycles. The molecule has 3 aromatic rings. The lowest BCUT2D eigenvalue weighted by Crippen LogP contribution is -2.34. The van der Waals surface area contributed by atoms with Crippen molar-refractivity contribution in [2.75, 3.05) is 27.9 Å². The Morgan fingerprint density at radius 2 is 1.63 bits per heavy atom. The summed E-state index contributed by atoms with van der Waals surface area (Å²) in [6, 6.07) is 13.5. The van der Waals surface area contributed by atoms with Gasteiger partial charge in [0.25, 0.3) is 11.8 Å². The van der Waals surface area contributed by atoms with Gasteiger partial charge in [-0.2, -0.15) is 0 Å². The van der Waals surface area contributed by atoms with Crippen LogP contribution in [-0.4, -0.2) is 39.8 Å².